The largest absolute Gasteiger partial charge is 0.497 e. The number of sulfone groups is 1. The molecule has 2 aromatic rings. The summed E-state index contributed by atoms with van der Waals surface area (Å²) in [4.78, 5) is 0.173. The molecule has 1 saturated heterocycles. The molecule has 1 heterocycles. The van der Waals surface area contributed by atoms with Crippen LogP contribution in [0.15, 0.2) is 59.5 Å². The predicted octanol–water partition coefficient (Wildman–Crippen LogP) is 1.95. The van der Waals surface area contributed by atoms with Crippen LogP contribution in [-0.4, -0.2) is 58.9 Å². The Morgan fingerprint density at radius 1 is 0.929 bits per heavy atom. The van der Waals surface area contributed by atoms with E-state index in [1.807, 2.05) is 18.2 Å². The van der Waals surface area contributed by atoms with Crippen LogP contribution in [0.3, 0.4) is 0 Å². The topological polar surface area (TPSA) is 90.0 Å². The van der Waals surface area contributed by atoms with Gasteiger partial charge in [0.05, 0.1) is 29.6 Å². The van der Waals surface area contributed by atoms with Gasteiger partial charge in [-0.2, -0.15) is 4.31 Å². The molecule has 0 radical (unpaired) electrons. The van der Waals surface area contributed by atoms with Crippen molar-refractivity contribution in [3.05, 3.63) is 54.6 Å². The molecule has 7 nitrogen and oxygen atoms in total. The molecule has 1 aliphatic heterocycles. The van der Waals surface area contributed by atoms with E-state index in [0.29, 0.717) is 17.9 Å². The minimum Gasteiger partial charge on any atom is -0.497 e. The minimum atomic E-state index is -3.57. The van der Waals surface area contributed by atoms with Crippen LogP contribution in [0.5, 0.6) is 11.5 Å². The highest BCUT2D eigenvalue weighted by molar-refractivity contribution is 7.92. The van der Waals surface area contributed by atoms with Gasteiger partial charge >= 0.3 is 0 Å². The van der Waals surface area contributed by atoms with Gasteiger partial charge in [0.25, 0.3) is 0 Å². The van der Waals surface area contributed by atoms with Crippen molar-refractivity contribution in [1.82, 2.24) is 4.31 Å². The van der Waals surface area contributed by atoms with Crippen molar-refractivity contribution in [1.29, 1.82) is 0 Å². The summed E-state index contributed by atoms with van der Waals surface area (Å²) < 4.78 is 61.7. The lowest BCUT2D eigenvalue weighted by Crippen LogP contribution is -2.57. The van der Waals surface area contributed by atoms with Gasteiger partial charge in [-0.1, -0.05) is 18.2 Å². The molecule has 0 amide bonds. The summed E-state index contributed by atoms with van der Waals surface area (Å²) in [6.07, 6.45) is 0.337. The Hall–Kier alpha value is -2.10. The van der Waals surface area contributed by atoms with Gasteiger partial charge in [-0.05, 0) is 42.8 Å². The molecule has 1 fully saturated rings. The number of hydrogen-bond donors (Lipinski definition) is 0. The molecule has 0 spiro atoms. The highest BCUT2D eigenvalue weighted by atomic mass is 32.2. The second-order valence-corrected chi connectivity index (χ2v) is 10.8. The summed E-state index contributed by atoms with van der Waals surface area (Å²) >= 11 is 0. The van der Waals surface area contributed by atoms with Crippen molar-refractivity contribution < 1.29 is 26.3 Å². The van der Waals surface area contributed by atoms with Gasteiger partial charge in [0.1, 0.15) is 11.5 Å². The number of rotatable bonds is 9. The molecular formula is C19H23NO6S2. The molecular weight excluding hydrogens is 402 g/mol. The van der Waals surface area contributed by atoms with Crippen LogP contribution in [0.2, 0.25) is 0 Å². The summed E-state index contributed by atoms with van der Waals surface area (Å²) in [6, 6.07) is 15.3. The Labute approximate surface area is 165 Å². The van der Waals surface area contributed by atoms with Gasteiger partial charge in [-0.3, -0.25) is 0 Å². The highest BCUT2D eigenvalue weighted by Crippen LogP contribution is 2.27. The maximum absolute atomic E-state index is 12.6. The van der Waals surface area contributed by atoms with Gasteiger partial charge in [-0.25, -0.2) is 16.8 Å². The summed E-state index contributed by atoms with van der Waals surface area (Å²) in [5.41, 5.74) is 0. The average molecular weight is 426 g/mol. The van der Waals surface area contributed by atoms with Crippen LogP contribution in [0.25, 0.3) is 0 Å². The van der Waals surface area contributed by atoms with E-state index in [9.17, 15) is 16.8 Å². The van der Waals surface area contributed by atoms with E-state index < -0.39 is 25.1 Å². The highest BCUT2D eigenvalue weighted by Gasteiger charge is 2.43. The maximum Gasteiger partial charge on any atom is 0.214 e. The Balaban J connectivity index is 1.49. The SMILES string of the molecule is COc1ccc(S(=O)(=O)C2CN(S(=O)(=O)CCCOc3ccccc3)C2)cc1. The summed E-state index contributed by atoms with van der Waals surface area (Å²) in [5, 5.41) is -0.726. The number of sulfonamides is 1. The third-order valence-electron chi connectivity index (χ3n) is 4.59. The smallest absolute Gasteiger partial charge is 0.214 e. The lowest BCUT2D eigenvalue weighted by Gasteiger charge is -2.37. The van der Waals surface area contributed by atoms with E-state index in [-0.39, 0.29) is 30.3 Å². The lowest BCUT2D eigenvalue weighted by molar-refractivity contribution is 0.299. The second kappa shape index (κ2) is 8.50. The fraction of sp³-hybridized carbons (Fsp3) is 0.368. The zero-order valence-corrected chi connectivity index (χ0v) is 17.2. The minimum absolute atomic E-state index is 0.0176. The van der Waals surface area contributed by atoms with Crippen molar-refractivity contribution in [2.75, 3.05) is 32.6 Å². The molecule has 0 atom stereocenters. The standard InChI is InChI=1S/C19H23NO6S2/c1-25-16-8-10-18(11-9-16)28(23,24)19-14-20(15-19)27(21,22)13-5-12-26-17-6-3-2-4-7-17/h2-4,6-11,19H,5,12-15H2,1H3. The van der Waals surface area contributed by atoms with Gasteiger partial charge < -0.3 is 9.47 Å². The Morgan fingerprint density at radius 2 is 1.57 bits per heavy atom. The predicted molar refractivity (Wildman–Crippen MR) is 106 cm³/mol. The first-order chi connectivity index (χ1) is 13.3. The Bertz CT molecular complexity index is 982. The molecule has 3 rings (SSSR count). The molecule has 0 saturated carbocycles. The molecule has 0 N–H and O–H groups in total. The number of methoxy groups -OCH3 is 1. The van der Waals surface area contributed by atoms with Crippen LogP contribution in [0.1, 0.15) is 6.42 Å². The quantitative estimate of drug-likeness (QED) is 0.571. The van der Waals surface area contributed by atoms with Crippen LogP contribution < -0.4 is 9.47 Å². The normalized spacial score (nSPS) is 15.8. The molecule has 1 aliphatic rings. The van der Waals surface area contributed by atoms with E-state index in [4.69, 9.17) is 9.47 Å². The first-order valence-corrected chi connectivity index (χ1v) is 12.0. The molecule has 0 unspecified atom stereocenters. The van der Waals surface area contributed by atoms with Crippen molar-refractivity contribution in [3.8, 4) is 11.5 Å². The van der Waals surface area contributed by atoms with Crippen LogP contribution in [-0.2, 0) is 19.9 Å². The van der Waals surface area contributed by atoms with E-state index in [0.717, 1.165) is 0 Å². The summed E-state index contributed by atoms with van der Waals surface area (Å²) in [7, 11) is -5.56. The zero-order chi connectivity index (χ0) is 20.2. The number of nitrogens with zero attached hydrogens (tertiary/aromatic N) is 1. The van der Waals surface area contributed by atoms with Crippen LogP contribution in [0, 0.1) is 0 Å². The molecule has 2 aromatic carbocycles. The van der Waals surface area contributed by atoms with Crippen molar-refractivity contribution in [2.45, 2.75) is 16.6 Å². The fourth-order valence-corrected chi connectivity index (χ4v) is 6.26. The lowest BCUT2D eigenvalue weighted by atomic mass is 10.3. The van der Waals surface area contributed by atoms with Crippen LogP contribution in [0.4, 0.5) is 0 Å². The third-order valence-corrected chi connectivity index (χ3v) is 8.59. The Morgan fingerprint density at radius 3 is 2.18 bits per heavy atom. The van der Waals surface area contributed by atoms with Gasteiger partial charge in [-0.15, -0.1) is 0 Å². The number of para-hydroxylation sites is 1. The van der Waals surface area contributed by atoms with E-state index in [2.05, 4.69) is 0 Å². The molecule has 28 heavy (non-hydrogen) atoms. The Kier molecular flexibility index (Phi) is 6.26. The number of benzene rings is 2. The first kappa shape index (κ1) is 20.6. The fourth-order valence-electron chi connectivity index (χ4n) is 2.86. The van der Waals surface area contributed by atoms with E-state index >= 15 is 0 Å². The van der Waals surface area contributed by atoms with Gasteiger partial charge in [0.15, 0.2) is 9.84 Å². The second-order valence-electron chi connectivity index (χ2n) is 6.49. The van der Waals surface area contributed by atoms with Crippen molar-refractivity contribution in [3.63, 3.8) is 0 Å². The third kappa shape index (κ3) is 4.65. The molecule has 152 valence electrons. The molecule has 0 bridgehead atoms. The van der Waals surface area contributed by atoms with Gasteiger partial charge in [0, 0.05) is 13.1 Å². The van der Waals surface area contributed by atoms with E-state index in [1.54, 1.807) is 24.3 Å². The monoisotopic (exact) mass is 425 g/mol. The summed E-state index contributed by atoms with van der Waals surface area (Å²) in [5.74, 6) is 1.18. The molecule has 0 aromatic heterocycles. The van der Waals surface area contributed by atoms with Gasteiger partial charge in [0.2, 0.25) is 10.0 Å². The molecule has 0 aliphatic carbocycles. The zero-order valence-electron chi connectivity index (χ0n) is 15.5. The maximum atomic E-state index is 12.6. The summed E-state index contributed by atoms with van der Waals surface area (Å²) in [6.45, 7) is 0.247. The van der Waals surface area contributed by atoms with Crippen molar-refractivity contribution >= 4 is 19.9 Å². The average Bonchev–Trinajstić information content (AvgIpc) is 2.64. The first-order valence-electron chi connectivity index (χ1n) is 8.86. The molecule has 9 heteroatoms. The number of ether oxygens (including phenoxy) is 2. The number of hydrogen-bond acceptors (Lipinski definition) is 6. The van der Waals surface area contributed by atoms with Crippen LogP contribution >= 0.6 is 0 Å². The van der Waals surface area contributed by atoms with E-state index in [1.165, 1.54) is 23.5 Å². The van der Waals surface area contributed by atoms with Crippen molar-refractivity contribution in [2.24, 2.45) is 0 Å².